The predicted molar refractivity (Wildman–Crippen MR) is 150 cm³/mol. The van der Waals surface area contributed by atoms with Gasteiger partial charge in [0.15, 0.2) is 0 Å². The minimum atomic E-state index is -0.398. The summed E-state index contributed by atoms with van der Waals surface area (Å²) in [4.78, 5) is 16.5. The summed E-state index contributed by atoms with van der Waals surface area (Å²) in [6, 6.07) is 14.6. The van der Waals surface area contributed by atoms with Crippen molar-refractivity contribution in [3.8, 4) is 22.6 Å². The smallest absolute Gasteiger partial charge is 0.415 e. The molecule has 8 heteroatoms. The number of nitrogens with zero attached hydrogens (tertiary/aromatic N) is 2. The van der Waals surface area contributed by atoms with Crippen molar-refractivity contribution in [3.05, 3.63) is 77.1 Å². The van der Waals surface area contributed by atoms with Crippen LogP contribution in [0, 0.1) is 12.7 Å². The monoisotopic (exact) mass is 529 g/mol. The number of hydrogen-bond donors (Lipinski definition) is 1. The standard InChI is InChI=1S/C31H32FN3O4/c1-19-5-6-20(32)15-26(19)35-18-24-22(9-10-25-29(24)27(35)17-31(2,3)33-25)23-8-7-21(16-28(23)37-4)39-30(36)34-11-13-38-14-12-34/h5-10,15-17,33H,11-14,18H2,1-4H3. The average Bonchev–Trinajstić information content (AvgIpc) is 3.29. The number of methoxy groups -OCH3 is 1. The molecule has 3 heterocycles. The molecule has 3 aromatic carbocycles. The first kappa shape index (κ1) is 25.2. The number of halogens is 1. The highest BCUT2D eigenvalue weighted by atomic mass is 19.1. The van der Waals surface area contributed by atoms with Crippen LogP contribution in [0.1, 0.15) is 30.5 Å². The van der Waals surface area contributed by atoms with E-state index in [1.54, 1.807) is 30.2 Å². The maximum Gasteiger partial charge on any atom is 0.415 e. The number of carbonyl (C=O) groups excluding carboxylic acids is 1. The predicted octanol–water partition coefficient (Wildman–Crippen LogP) is 6.21. The molecule has 3 aliphatic rings. The van der Waals surface area contributed by atoms with Gasteiger partial charge in [0.05, 0.1) is 25.9 Å². The van der Waals surface area contributed by atoms with E-state index in [2.05, 4.69) is 42.3 Å². The summed E-state index contributed by atoms with van der Waals surface area (Å²) in [6.45, 7) is 8.88. The molecule has 6 rings (SSSR count). The van der Waals surface area contributed by atoms with E-state index in [-0.39, 0.29) is 11.4 Å². The van der Waals surface area contributed by atoms with Crippen molar-refractivity contribution in [2.24, 2.45) is 0 Å². The van der Waals surface area contributed by atoms with Gasteiger partial charge in [-0.2, -0.15) is 0 Å². The molecule has 1 fully saturated rings. The Morgan fingerprint density at radius 2 is 1.82 bits per heavy atom. The molecule has 0 saturated carbocycles. The Balaban J connectivity index is 1.40. The van der Waals surface area contributed by atoms with Crippen molar-refractivity contribution in [1.82, 2.24) is 4.90 Å². The molecule has 1 saturated heterocycles. The van der Waals surface area contributed by atoms with Crippen LogP contribution in [0.3, 0.4) is 0 Å². The van der Waals surface area contributed by atoms with Crippen LogP contribution in [0.2, 0.25) is 0 Å². The summed E-state index contributed by atoms with van der Waals surface area (Å²) in [5, 5.41) is 3.64. The van der Waals surface area contributed by atoms with Gasteiger partial charge >= 0.3 is 6.09 Å². The van der Waals surface area contributed by atoms with Crippen molar-refractivity contribution >= 4 is 23.2 Å². The highest BCUT2D eigenvalue weighted by molar-refractivity contribution is 5.97. The van der Waals surface area contributed by atoms with Crippen LogP contribution >= 0.6 is 0 Å². The Morgan fingerprint density at radius 1 is 1.05 bits per heavy atom. The fraction of sp³-hybridized carbons (Fsp3) is 0.323. The zero-order chi connectivity index (χ0) is 27.3. The highest BCUT2D eigenvalue weighted by Gasteiger charge is 2.37. The molecule has 0 radical (unpaired) electrons. The van der Waals surface area contributed by atoms with Crippen LogP contribution in [0.5, 0.6) is 11.5 Å². The number of morpholine rings is 1. The van der Waals surface area contributed by atoms with Gasteiger partial charge in [-0.25, -0.2) is 9.18 Å². The highest BCUT2D eigenvalue weighted by Crippen LogP contribution is 2.50. The molecular formula is C31H32FN3O4. The van der Waals surface area contributed by atoms with E-state index in [1.165, 1.54) is 6.07 Å². The van der Waals surface area contributed by atoms with E-state index in [0.29, 0.717) is 44.3 Å². The molecule has 0 unspecified atom stereocenters. The van der Waals surface area contributed by atoms with Gasteiger partial charge in [-0.3, -0.25) is 0 Å². The SMILES string of the molecule is COc1cc(OC(=O)N2CCOCC2)ccc1-c1ccc2c3c1CN(c1cc(F)ccc1C)C3=CC(C)(C)N2. The molecule has 1 amide bonds. The Bertz CT molecular complexity index is 1490. The van der Waals surface area contributed by atoms with Gasteiger partial charge in [0, 0.05) is 53.9 Å². The first-order chi connectivity index (χ1) is 18.7. The molecule has 3 aromatic rings. The lowest BCUT2D eigenvalue weighted by Gasteiger charge is -2.33. The quantitative estimate of drug-likeness (QED) is 0.434. The number of carbonyl (C=O) groups is 1. The van der Waals surface area contributed by atoms with Crippen LogP contribution in [0.15, 0.2) is 54.6 Å². The largest absolute Gasteiger partial charge is 0.496 e. The number of benzene rings is 3. The van der Waals surface area contributed by atoms with Crippen LogP contribution < -0.4 is 19.7 Å². The Hall–Kier alpha value is -4.04. The summed E-state index contributed by atoms with van der Waals surface area (Å²) in [5.74, 6) is 0.765. The van der Waals surface area contributed by atoms with E-state index in [1.807, 2.05) is 19.1 Å². The zero-order valence-corrected chi connectivity index (χ0v) is 22.6. The maximum atomic E-state index is 14.4. The minimum absolute atomic E-state index is 0.260. The molecule has 0 aliphatic carbocycles. The molecule has 1 N–H and O–H groups in total. The number of nitrogens with one attached hydrogen (secondary N) is 1. The summed E-state index contributed by atoms with van der Waals surface area (Å²) < 4.78 is 31.1. The van der Waals surface area contributed by atoms with E-state index < -0.39 is 6.09 Å². The Kier molecular flexibility index (Phi) is 6.22. The van der Waals surface area contributed by atoms with E-state index in [0.717, 1.165) is 44.9 Å². The van der Waals surface area contributed by atoms with Gasteiger partial charge in [0.25, 0.3) is 0 Å². The number of aryl methyl sites for hydroxylation is 1. The van der Waals surface area contributed by atoms with E-state index in [4.69, 9.17) is 14.2 Å². The molecule has 0 bridgehead atoms. The lowest BCUT2D eigenvalue weighted by molar-refractivity contribution is 0.0416. The van der Waals surface area contributed by atoms with Crippen LogP contribution in [-0.2, 0) is 11.3 Å². The van der Waals surface area contributed by atoms with Gasteiger partial charge < -0.3 is 29.3 Å². The van der Waals surface area contributed by atoms with Crippen LogP contribution in [0.25, 0.3) is 16.8 Å². The van der Waals surface area contributed by atoms with Gasteiger partial charge in [-0.1, -0.05) is 12.1 Å². The second-order valence-corrected chi connectivity index (χ2v) is 10.7. The van der Waals surface area contributed by atoms with Gasteiger partial charge in [0.2, 0.25) is 0 Å². The first-order valence-electron chi connectivity index (χ1n) is 13.2. The topological polar surface area (TPSA) is 63.3 Å². The van der Waals surface area contributed by atoms with Crippen molar-refractivity contribution < 1.29 is 23.4 Å². The van der Waals surface area contributed by atoms with Gasteiger partial charge in [0.1, 0.15) is 17.3 Å². The molecule has 39 heavy (non-hydrogen) atoms. The van der Waals surface area contributed by atoms with Crippen LogP contribution in [-0.4, -0.2) is 49.9 Å². The van der Waals surface area contributed by atoms with Gasteiger partial charge in [-0.05, 0) is 73.9 Å². The second-order valence-electron chi connectivity index (χ2n) is 10.7. The average molecular weight is 530 g/mol. The molecule has 0 atom stereocenters. The van der Waals surface area contributed by atoms with Crippen LogP contribution in [0.4, 0.5) is 20.6 Å². The second kappa shape index (κ2) is 9.61. The number of ether oxygens (including phenoxy) is 3. The zero-order valence-electron chi connectivity index (χ0n) is 22.6. The number of hydrogen-bond acceptors (Lipinski definition) is 6. The number of anilines is 2. The summed E-state index contributed by atoms with van der Waals surface area (Å²) in [5.41, 5.74) is 7.84. The molecule has 0 spiro atoms. The summed E-state index contributed by atoms with van der Waals surface area (Å²) in [7, 11) is 1.61. The van der Waals surface area contributed by atoms with Crippen molar-refractivity contribution in [1.29, 1.82) is 0 Å². The fourth-order valence-corrected chi connectivity index (χ4v) is 5.67. The lowest BCUT2D eigenvalue weighted by Crippen LogP contribution is -2.42. The molecule has 202 valence electrons. The van der Waals surface area contributed by atoms with E-state index >= 15 is 0 Å². The van der Waals surface area contributed by atoms with Crippen molar-refractivity contribution in [2.45, 2.75) is 32.9 Å². The molecule has 7 nitrogen and oxygen atoms in total. The summed E-state index contributed by atoms with van der Waals surface area (Å²) >= 11 is 0. The normalized spacial score (nSPS) is 17.3. The lowest BCUT2D eigenvalue weighted by atomic mass is 9.89. The van der Waals surface area contributed by atoms with Crippen molar-refractivity contribution in [3.63, 3.8) is 0 Å². The third kappa shape index (κ3) is 4.59. The van der Waals surface area contributed by atoms with Crippen molar-refractivity contribution in [2.75, 3.05) is 43.6 Å². The summed E-state index contributed by atoms with van der Waals surface area (Å²) in [6.07, 6.45) is 1.82. The first-order valence-corrected chi connectivity index (χ1v) is 13.2. The molecular weight excluding hydrogens is 497 g/mol. The van der Waals surface area contributed by atoms with Gasteiger partial charge in [-0.15, -0.1) is 0 Å². The fourth-order valence-electron chi connectivity index (χ4n) is 5.67. The van der Waals surface area contributed by atoms with E-state index in [9.17, 15) is 9.18 Å². The third-order valence-corrected chi connectivity index (χ3v) is 7.53. The molecule has 0 aromatic heterocycles. The maximum absolute atomic E-state index is 14.4. The Labute approximate surface area is 227 Å². The molecule has 3 aliphatic heterocycles. The number of rotatable bonds is 4. The Morgan fingerprint density at radius 3 is 2.59 bits per heavy atom. The number of amides is 1. The minimum Gasteiger partial charge on any atom is -0.496 e. The third-order valence-electron chi connectivity index (χ3n) is 7.53.